The molecule has 1 heterocycles. The van der Waals surface area contributed by atoms with Crippen LogP contribution < -0.4 is 5.32 Å². The first kappa shape index (κ1) is 11.6. The summed E-state index contributed by atoms with van der Waals surface area (Å²) in [5.74, 6) is 1.52. The molecular formula is C13H23N3. The molecule has 0 radical (unpaired) electrons. The Morgan fingerprint density at radius 3 is 2.94 bits per heavy atom. The smallest absolute Gasteiger partial charge is 0.0524 e. The van der Waals surface area contributed by atoms with E-state index < -0.39 is 0 Å². The van der Waals surface area contributed by atoms with E-state index in [1.807, 2.05) is 4.68 Å². The zero-order valence-corrected chi connectivity index (χ0v) is 10.4. The van der Waals surface area contributed by atoms with E-state index in [0.29, 0.717) is 0 Å². The van der Waals surface area contributed by atoms with Gasteiger partial charge in [0.25, 0.3) is 0 Å². The van der Waals surface area contributed by atoms with Crippen molar-refractivity contribution in [2.75, 3.05) is 13.6 Å². The zero-order chi connectivity index (χ0) is 11.4. The van der Waals surface area contributed by atoms with Crippen LogP contribution >= 0.6 is 0 Å². The van der Waals surface area contributed by atoms with Crippen LogP contribution in [0.5, 0.6) is 0 Å². The first-order valence-electron chi connectivity index (χ1n) is 6.52. The van der Waals surface area contributed by atoms with Gasteiger partial charge in [0.1, 0.15) is 0 Å². The molecule has 16 heavy (non-hydrogen) atoms. The molecule has 2 unspecified atom stereocenters. The Bertz CT molecular complexity index is 317. The van der Waals surface area contributed by atoms with Gasteiger partial charge in [0, 0.05) is 12.7 Å². The van der Waals surface area contributed by atoms with Gasteiger partial charge in [0.2, 0.25) is 0 Å². The van der Waals surface area contributed by atoms with Gasteiger partial charge in [0.05, 0.1) is 6.20 Å². The molecule has 0 bridgehead atoms. The fraction of sp³-hybridized carbons (Fsp3) is 0.769. The lowest BCUT2D eigenvalue weighted by Crippen LogP contribution is -2.27. The van der Waals surface area contributed by atoms with Crippen molar-refractivity contribution in [1.29, 1.82) is 0 Å². The third kappa shape index (κ3) is 2.46. The van der Waals surface area contributed by atoms with Crippen molar-refractivity contribution < 1.29 is 0 Å². The van der Waals surface area contributed by atoms with Crippen molar-refractivity contribution in [3.8, 4) is 0 Å². The van der Waals surface area contributed by atoms with Crippen LogP contribution in [0.15, 0.2) is 12.4 Å². The van der Waals surface area contributed by atoms with Crippen LogP contribution in [0.25, 0.3) is 0 Å². The number of nitrogens with zero attached hydrogens (tertiary/aromatic N) is 2. The van der Waals surface area contributed by atoms with Crippen LogP contribution in [0.1, 0.15) is 44.1 Å². The Morgan fingerprint density at radius 2 is 2.25 bits per heavy atom. The lowest BCUT2D eigenvalue weighted by atomic mass is 9.76. The largest absolute Gasteiger partial charge is 0.319 e. The minimum Gasteiger partial charge on any atom is -0.319 e. The summed E-state index contributed by atoms with van der Waals surface area (Å²) in [5, 5.41) is 7.73. The number of hydrogen-bond acceptors (Lipinski definition) is 2. The Labute approximate surface area is 98.2 Å². The van der Waals surface area contributed by atoms with Crippen molar-refractivity contribution in [1.82, 2.24) is 15.1 Å². The third-order valence-electron chi connectivity index (χ3n) is 3.78. The molecule has 1 N–H and O–H groups in total. The summed E-state index contributed by atoms with van der Waals surface area (Å²) in [4.78, 5) is 0. The van der Waals surface area contributed by atoms with Gasteiger partial charge in [-0.3, -0.25) is 4.68 Å². The summed E-state index contributed by atoms with van der Waals surface area (Å²) < 4.78 is 2.04. The summed E-state index contributed by atoms with van der Waals surface area (Å²) in [5.41, 5.74) is 1.45. The van der Waals surface area contributed by atoms with E-state index in [1.54, 1.807) is 0 Å². The molecule has 1 aromatic rings. The van der Waals surface area contributed by atoms with E-state index >= 15 is 0 Å². The molecule has 0 amide bonds. The highest BCUT2D eigenvalue weighted by Crippen LogP contribution is 2.37. The highest BCUT2D eigenvalue weighted by molar-refractivity contribution is 5.14. The summed E-state index contributed by atoms with van der Waals surface area (Å²) in [6.07, 6.45) is 9.78. The highest BCUT2D eigenvalue weighted by Gasteiger charge is 2.26. The Hall–Kier alpha value is -0.830. The standard InChI is InChI=1S/C13H23N3/c1-3-16-10-12(9-15-16)13-7-5-4-6-11(13)8-14-2/h9-11,13-14H,3-8H2,1-2H3. The Kier molecular flexibility index (Phi) is 3.99. The molecule has 1 aliphatic carbocycles. The summed E-state index contributed by atoms with van der Waals surface area (Å²) in [6, 6.07) is 0. The van der Waals surface area contributed by atoms with Gasteiger partial charge in [-0.15, -0.1) is 0 Å². The van der Waals surface area contributed by atoms with Crippen molar-refractivity contribution in [2.24, 2.45) is 5.92 Å². The Morgan fingerprint density at radius 1 is 1.44 bits per heavy atom. The van der Waals surface area contributed by atoms with Crippen molar-refractivity contribution >= 4 is 0 Å². The predicted octanol–water partition coefficient (Wildman–Crippen LogP) is 2.40. The van der Waals surface area contributed by atoms with Gasteiger partial charge in [-0.05, 0) is 50.8 Å². The van der Waals surface area contributed by atoms with Gasteiger partial charge in [-0.25, -0.2) is 0 Å². The molecule has 0 saturated heterocycles. The zero-order valence-electron chi connectivity index (χ0n) is 10.4. The average Bonchev–Trinajstić information content (AvgIpc) is 2.79. The number of aromatic nitrogens is 2. The molecule has 90 valence electrons. The number of nitrogens with one attached hydrogen (secondary N) is 1. The molecule has 0 aromatic carbocycles. The van der Waals surface area contributed by atoms with E-state index in [1.165, 1.54) is 31.2 Å². The lowest BCUT2D eigenvalue weighted by molar-refractivity contribution is 0.301. The van der Waals surface area contributed by atoms with Gasteiger partial charge < -0.3 is 5.32 Å². The fourth-order valence-electron chi connectivity index (χ4n) is 2.90. The van der Waals surface area contributed by atoms with Crippen LogP contribution in [0.4, 0.5) is 0 Å². The molecule has 0 spiro atoms. The molecule has 1 saturated carbocycles. The maximum Gasteiger partial charge on any atom is 0.0524 e. The molecule has 1 aromatic heterocycles. The average molecular weight is 221 g/mol. The normalized spacial score (nSPS) is 25.9. The fourth-order valence-corrected chi connectivity index (χ4v) is 2.90. The molecular weight excluding hydrogens is 198 g/mol. The van der Waals surface area contributed by atoms with E-state index in [4.69, 9.17) is 0 Å². The van der Waals surface area contributed by atoms with Gasteiger partial charge >= 0.3 is 0 Å². The molecule has 2 atom stereocenters. The molecule has 1 aliphatic rings. The van der Waals surface area contributed by atoms with Crippen LogP contribution in [-0.4, -0.2) is 23.4 Å². The van der Waals surface area contributed by atoms with Crippen LogP contribution in [-0.2, 0) is 6.54 Å². The van der Waals surface area contributed by atoms with Gasteiger partial charge in [0.15, 0.2) is 0 Å². The topological polar surface area (TPSA) is 29.9 Å². The second-order valence-corrected chi connectivity index (χ2v) is 4.84. The van der Waals surface area contributed by atoms with Gasteiger partial charge in [-0.2, -0.15) is 5.10 Å². The molecule has 1 fully saturated rings. The van der Waals surface area contributed by atoms with Crippen molar-refractivity contribution in [3.63, 3.8) is 0 Å². The van der Waals surface area contributed by atoms with Crippen molar-refractivity contribution in [2.45, 2.75) is 45.1 Å². The van der Waals surface area contributed by atoms with E-state index in [-0.39, 0.29) is 0 Å². The first-order valence-corrected chi connectivity index (χ1v) is 6.52. The molecule has 3 nitrogen and oxygen atoms in total. The maximum atomic E-state index is 4.40. The molecule has 0 aliphatic heterocycles. The summed E-state index contributed by atoms with van der Waals surface area (Å²) >= 11 is 0. The highest BCUT2D eigenvalue weighted by atomic mass is 15.3. The lowest BCUT2D eigenvalue weighted by Gasteiger charge is -2.30. The van der Waals surface area contributed by atoms with E-state index in [2.05, 4.69) is 36.8 Å². The van der Waals surface area contributed by atoms with E-state index in [0.717, 1.165) is 24.9 Å². The van der Waals surface area contributed by atoms with Crippen LogP contribution in [0.3, 0.4) is 0 Å². The quantitative estimate of drug-likeness (QED) is 0.846. The first-order chi connectivity index (χ1) is 7.85. The minimum absolute atomic E-state index is 0.724. The maximum absolute atomic E-state index is 4.40. The second kappa shape index (κ2) is 5.48. The minimum atomic E-state index is 0.724. The molecule has 3 heteroatoms. The predicted molar refractivity (Wildman–Crippen MR) is 66.5 cm³/mol. The van der Waals surface area contributed by atoms with Crippen molar-refractivity contribution in [3.05, 3.63) is 18.0 Å². The number of hydrogen-bond donors (Lipinski definition) is 1. The van der Waals surface area contributed by atoms with E-state index in [9.17, 15) is 0 Å². The summed E-state index contributed by atoms with van der Waals surface area (Å²) in [7, 11) is 2.06. The SMILES string of the molecule is CCn1cc(C2CCCCC2CNC)cn1. The van der Waals surface area contributed by atoms with Crippen LogP contribution in [0, 0.1) is 5.92 Å². The monoisotopic (exact) mass is 221 g/mol. The Balaban J connectivity index is 2.09. The van der Waals surface area contributed by atoms with Crippen LogP contribution in [0.2, 0.25) is 0 Å². The number of aryl methyl sites for hydroxylation is 1. The second-order valence-electron chi connectivity index (χ2n) is 4.84. The number of rotatable bonds is 4. The summed E-state index contributed by atoms with van der Waals surface area (Å²) in [6.45, 7) is 4.26. The molecule has 2 rings (SSSR count). The van der Waals surface area contributed by atoms with Gasteiger partial charge in [-0.1, -0.05) is 12.8 Å². The third-order valence-corrected chi connectivity index (χ3v) is 3.78.